The smallest absolute Gasteiger partial charge is 0.154 e. The molecule has 4 rings (SSSR count). The second-order valence-electron chi connectivity index (χ2n) is 6.85. The van der Waals surface area contributed by atoms with Gasteiger partial charge in [-0.2, -0.15) is 0 Å². The molecule has 0 saturated heterocycles. The summed E-state index contributed by atoms with van der Waals surface area (Å²) in [7, 11) is -3.46. The predicted octanol–water partition coefficient (Wildman–Crippen LogP) is 4.33. The van der Waals surface area contributed by atoms with Crippen molar-refractivity contribution in [1.82, 2.24) is 4.90 Å². The lowest BCUT2D eigenvalue weighted by Crippen LogP contribution is -2.29. The molecule has 2 aliphatic heterocycles. The van der Waals surface area contributed by atoms with Gasteiger partial charge in [0.1, 0.15) is 23.2 Å². The summed E-state index contributed by atoms with van der Waals surface area (Å²) >= 11 is 6.32. The van der Waals surface area contributed by atoms with Gasteiger partial charge in [-0.3, -0.25) is 4.99 Å². The number of ether oxygens (including phenoxy) is 1. The molecule has 0 amide bonds. The lowest BCUT2D eigenvalue weighted by molar-refractivity contribution is 0.479. The number of halogens is 2. The Kier molecular flexibility index (Phi) is 5.31. The van der Waals surface area contributed by atoms with Crippen molar-refractivity contribution in [2.75, 3.05) is 18.8 Å². The van der Waals surface area contributed by atoms with E-state index in [1.165, 1.54) is 12.1 Å². The van der Waals surface area contributed by atoms with Gasteiger partial charge >= 0.3 is 0 Å². The Labute approximate surface area is 173 Å². The summed E-state index contributed by atoms with van der Waals surface area (Å²) in [5, 5.41) is -0.0414. The number of rotatable bonds is 6. The molecule has 0 saturated carbocycles. The van der Waals surface area contributed by atoms with Gasteiger partial charge in [0.05, 0.1) is 35.1 Å². The molecule has 0 aliphatic carbocycles. The van der Waals surface area contributed by atoms with Gasteiger partial charge in [0.2, 0.25) is 0 Å². The number of hydrogen-bond acceptors (Lipinski definition) is 6. The number of nitrogens with zero attached hydrogens (tertiary/aromatic N) is 3. The molecular formula is C20H19ClFN3O3S. The summed E-state index contributed by atoms with van der Waals surface area (Å²) in [6.45, 7) is 3.24. The van der Waals surface area contributed by atoms with E-state index in [0.29, 0.717) is 18.7 Å². The van der Waals surface area contributed by atoms with E-state index in [1.54, 1.807) is 25.4 Å². The van der Waals surface area contributed by atoms with Gasteiger partial charge < -0.3 is 9.64 Å². The Bertz CT molecular complexity index is 1130. The minimum absolute atomic E-state index is 0.0300. The van der Waals surface area contributed by atoms with Crippen LogP contribution >= 0.6 is 11.6 Å². The van der Waals surface area contributed by atoms with E-state index in [0.717, 1.165) is 23.6 Å². The Morgan fingerprint density at radius 3 is 2.90 bits per heavy atom. The summed E-state index contributed by atoms with van der Waals surface area (Å²) in [5.41, 5.74) is 1.55. The second kappa shape index (κ2) is 7.76. The van der Waals surface area contributed by atoms with Crippen LogP contribution in [0.4, 0.5) is 10.1 Å². The van der Waals surface area contributed by atoms with E-state index in [2.05, 4.69) is 9.98 Å². The van der Waals surface area contributed by atoms with Crippen molar-refractivity contribution >= 4 is 39.3 Å². The molecule has 0 aromatic heterocycles. The normalized spacial score (nSPS) is 15.1. The highest BCUT2D eigenvalue weighted by Gasteiger charge is 2.24. The number of amidine groups is 1. The van der Waals surface area contributed by atoms with Gasteiger partial charge in [0, 0.05) is 17.7 Å². The number of benzene rings is 2. The summed E-state index contributed by atoms with van der Waals surface area (Å²) in [6, 6.07) is 7.90. The van der Waals surface area contributed by atoms with Crippen LogP contribution < -0.4 is 4.74 Å². The largest absolute Gasteiger partial charge is 0.456 e. The van der Waals surface area contributed by atoms with Crippen molar-refractivity contribution in [3.8, 4) is 11.5 Å². The van der Waals surface area contributed by atoms with Crippen LogP contribution in [0.15, 0.2) is 40.3 Å². The first-order chi connectivity index (χ1) is 13.9. The maximum Gasteiger partial charge on any atom is 0.154 e. The van der Waals surface area contributed by atoms with E-state index in [1.807, 2.05) is 11.0 Å². The Balaban J connectivity index is 1.65. The minimum Gasteiger partial charge on any atom is -0.456 e. The highest BCUT2D eigenvalue weighted by molar-refractivity contribution is 7.90. The maximum absolute atomic E-state index is 14.3. The van der Waals surface area contributed by atoms with Crippen molar-refractivity contribution < 1.29 is 17.5 Å². The van der Waals surface area contributed by atoms with Crippen LogP contribution in [0.5, 0.6) is 11.5 Å². The fraction of sp³-hybridized carbons (Fsp3) is 0.300. The van der Waals surface area contributed by atoms with E-state index in [4.69, 9.17) is 16.3 Å². The molecular weight excluding hydrogens is 417 g/mol. The van der Waals surface area contributed by atoms with Crippen LogP contribution in [-0.2, 0) is 15.6 Å². The number of hydrogen-bond donors (Lipinski definition) is 0. The van der Waals surface area contributed by atoms with Crippen molar-refractivity contribution in [2.24, 2.45) is 9.98 Å². The zero-order valence-corrected chi connectivity index (χ0v) is 17.3. The highest BCUT2D eigenvalue weighted by atomic mass is 35.5. The van der Waals surface area contributed by atoms with E-state index in [9.17, 15) is 12.8 Å². The zero-order chi connectivity index (χ0) is 20.6. The summed E-state index contributed by atoms with van der Waals surface area (Å²) in [4.78, 5) is 10.9. The van der Waals surface area contributed by atoms with Gasteiger partial charge in [-0.05, 0) is 36.8 Å². The van der Waals surface area contributed by atoms with E-state index in [-0.39, 0.29) is 22.1 Å². The molecule has 6 nitrogen and oxygen atoms in total. The molecule has 152 valence electrons. The zero-order valence-electron chi connectivity index (χ0n) is 15.7. The standard InChI is InChI=1S/C20H19ClFN3O3S/c1-2-9-29(26,27)11-15-16(22)4-6-18(19(15)21)28-13-3-5-17-14(10-13)20-23-7-8-25(20)12-24-17/h3-6,10,12H,2,7-9,11H2,1H3. The summed E-state index contributed by atoms with van der Waals surface area (Å²) in [5.74, 6) is 0.339. The van der Waals surface area contributed by atoms with Crippen LogP contribution in [0.25, 0.3) is 0 Å². The molecule has 0 spiro atoms. The Morgan fingerprint density at radius 2 is 2.10 bits per heavy atom. The fourth-order valence-electron chi connectivity index (χ4n) is 3.33. The molecule has 0 N–H and O–H groups in total. The summed E-state index contributed by atoms with van der Waals surface area (Å²) in [6.07, 6.45) is 2.21. The first kappa shape index (κ1) is 19.8. The van der Waals surface area contributed by atoms with E-state index < -0.39 is 21.4 Å². The number of aliphatic imine (C=N–C) groups is 2. The molecule has 0 radical (unpaired) electrons. The molecule has 9 heteroatoms. The molecule has 0 fully saturated rings. The van der Waals surface area contributed by atoms with Crippen LogP contribution in [0.2, 0.25) is 5.02 Å². The molecule has 2 aromatic rings. The van der Waals surface area contributed by atoms with Crippen molar-refractivity contribution in [3.05, 3.63) is 52.3 Å². The average molecular weight is 436 g/mol. The van der Waals surface area contributed by atoms with Crippen molar-refractivity contribution in [1.29, 1.82) is 0 Å². The third-order valence-corrected chi connectivity index (χ3v) is 6.85. The van der Waals surface area contributed by atoms with Gasteiger partial charge in [0.25, 0.3) is 0 Å². The first-order valence-corrected chi connectivity index (χ1v) is 11.4. The molecule has 0 bridgehead atoms. The predicted molar refractivity (Wildman–Crippen MR) is 112 cm³/mol. The lowest BCUT2D eigenvalue weighted by atomic mass is 10.1. The number of sulfone groups is 1. The van der Waals surface area contributed by atoms with Gasteiger partial charge in [-0.15, -0.1) is 0 Å². The average Bonchev–Trinajstić information content (AvgIpc) is 3.17. The third-order valence-electron chi connectivity index (χ3n) is 4.68. The molecule has 2 heterocycles. The van der Waals surface area contributed by atoms with Crippen LogP contribution in [0, 0.1) is 5.82 Å². The Morgan fingerprint density at radius 1 is 1.28 bits per heavy atom. The lowest BCUT2D eigenvalue weighted by Gasteiger charge is -2.21. The van der Waals surface area contributed by atoms with Crippen molar-refractivity contribution in [3.63, 3.8) is 0 Å². The topological polar surface area (TPSA) is 71.3 Å². The van der Waals surface area contributed by atoms with Gasteiger partial charge in [-0.25, -0.2) is 17.8 Å². The van der Waals surface area contributed by atoms with Gasteiger partial charge in [-0.1, -0.05) is 18.5 Å². The third kappa shape index (κ3) is 4.00. The van der Waals surface area contributed by atoms with Crippen LogP contribution in [0.1, 0.15) is 24.5 Å². The molecule has 29 heavy (non-hydrogen) atoms. The fourth-order valence-corrected chi connectivity index (χ4v) is 5.16. The molecule has 2 aliphatic rings. The summed E-state index contributed by atoms with van der Waals surface area (Å²) < 4.78 is 44.4. The SMILES string of the molecule is CCCS(=O)(=O)Cc1c(F)ccc(Oc2ccc3c(c2)C2=NCCN2C=N3)c1Cl. The van der Waals surface area contributed by atoms with Crippen LogP contribution in [-0.4, -0.2) is 44.3 Å². The quantitative estimate of drug-likeness (QED) is 0.677. The molecule has 0 unspecified atom stereocenters. The monoisotopic (exact) mass is 435 g/mol. The van der Waals surface area contributed by atoms with Crippen molar-refractivity contribution in [2.45, 2.75) is 19.1 Å². The van der Waals surface area contributed by atoms with E-state index >= 15 is 0 Å². The maximum atomic E-state index is 14.3. The molecule has 2 aromatic carbocycles. The Hall–Kier alpha value is -2.45. The molecule has 0 atom stereocenters. The second-order valence-corrected chi connectivity index (χ2v) is 9.42. The minimum atomic E-state index is -3.46. The first-order valence-electron chi connectivity index (χ1n) is 9.23. The van der Waals surface area contributed by atoms with Gasteiger partial charge in [0.15, 0.2) is 9.84 Å². The van der Waals surface area contributed by atoms with Crippen LogP contribution in [0.3, 0.4) is 0 Å². The number of fused-ring (bicyclic) bond motifs is 3. The highest BCUT2D eigenvalue weighted by Crippen LogP contribution is 2.37.